The molecule has 10 nitrogen and oxygen atoms in total. The number of esters is 2. The highest BCUT2D eigenvalue weighted by atomic mass is 16.5. The van der Waals surface area contributed by atoms with E-state index in [0.717, 1.165) is 0 Å². The maximum absolute atomic E-state index is 12.4. The predicted molar refractivity (Wildman–Crippen MR) is 109 cm³/mol. The molecule has 10 heteroatoms. The van der Waals surface area contributed by atoms with Gasteiger partial charge in [0.05, 0.1) is 37.5 Å². The largest absolute Gasteiger partial charge is 0.466 e. The Morgan fingerprint density at radius 3 is 2.25 bits per heavy atom. The fourth-order valence-electron chi connectivity index (χ4n) is 3.39. The van der Waals surface area contributed by atoms with Crippen LogP contribution in [0.4, 0.5) is 5.69 Å². The van der Waals surface area contributed by atoms with Gasteiger partial charge in [-0.25, -0.2) is 9.59 Å². The molecule has 2 aliphatic heterocycles. The van der Waals surface area contributed by atoms with Crippen molar-refractivity contribution < 1.29 is 38.1 Å². The van der Waals surface area contributed by atoms with E-state index in [2.05, 4.69) is 5.32 Å². The second-order valence-electron chi connectivity index (χ2n) is 6.80. The van der Waals surface area contributed by atoms with Crippen molar-refractivity contribution in [2.45, 2.75) is 0 Å². The summed E-state index contributed by atoms with van der Waals surface area (Å²) in [5.41, 5.74) is 1.19. The molecule has 0 saturated carbocycles. The number of nitrogens with one attached hydrogen (secondary N) is 1. The summed E-state index contributed by atoms with van der Waals surface area (Å²) in [7, 11) is 2.44. The van der Waals surface area contributed by atoms with Gasteiger partial charge in [0.2, 0.25) is 0 Å². The fourth-order valence-corrected chi connectivity index (χ4v) is 3.39. The van der Waals surface area contributed by atoms with Gasteiger partial charge >= 0.3 is 11.9 Å². The summed E-state index contributed by atoms with van der Waals surface area (Å²) < 4.78 is 20.8. The number of methoxy groups -OCH3 is 2. The van der Waals surface area contributed by atoms with E-state index >= 15 is 0 Å². The van der Waals surface area contributed by atoms with Gasteiger partial charge in [0.25, 0.3) is 11.8 Å². The summed E-state index contributed by atoms with van der Waals surface area (Å²) >= 11 is 0. The quantitative estimate of drug-likeness (QED) is 0.550. The van der Waals surface area contributed by atoms with E-state index in [1.54, 1.807) is 30.3 Å². The van der Waals surface area contributed by atoms with Crippen LogP contribution >= 0.6 is 0 Å². The number of carbonyl (C=O) groups excluding carboxylic acids is 4. The maximum Gasteiger partial charge on any atom is 0.355 e. The molecule has 0 radical (unpaired) electrons. The molecule has 0 fully saturated rings. The minimum atomic E-state index is -0.694. The zero-order chi connectivity index (χ0) is 22.8. The van der Waals surface area contributed by atoms with Crippen molar-refractivity contribution in [3.05, 3.63) is 64.9 Å². The van der Waals surface area contributed by atoms with Crippen LogP contribution in [0.3, 0.4) is 0 Å². The number of hydrogen-bond donors (Lipinski definition) is 1. The highest BCUT2D eigenvalue weighted by Gasteiger charge is 2.32. The molecule has 0 bridgehead atoms. The van der Waals surface area contributed by atoms with Crippen molar-refractivity contribution >= 4 is 29.4 Å². The molecule has 2 aromatic rings. The first-order valence-electron chi connectivity index (χ1n) is 9.45. The first kappa shape index (κ1) is 21.1. The van der Waals surface area contributed by atoms with Crippen LogP contribution in [0.25, 0.3) is 0 Å². The van der Waals surface area contributed by atoms with Gasteiger partial charge < -0.3 is 23.8 Å². The van der Waals surface area contributed by atoms with Crippen LogP contribution in [0.1, 0.15) is 20.7 Å². The Labute approximate surface area is 182 Å². The van der Waals surface area contributed by atoms with Crippen LogP contribution in [-0.4, -0.2) is 51.3 Å². The molecule has 0 spiro atoms. The third-order valence-electron chi connectivity index (χ3n) is 4.92. The molecule has 2 heterocycles. The fraction of sp³-hybridized carbons (Fsp3) is 0.182. The van der Waals surface area contributed by atoms with Crippen molar-refractivity contribution in [2.24, 2.45) is 0 Å². The standard InChI is InChI=1S/C22H18N2O8/c1-29-21(27)17-10-31-11-24(18(17)22(28)30-2)12-3-5-13(6-4-12)32-14-7-8-15-16(9-14)20(26)23-19(15)25/h3-9H,10-11H2,1-2H3,(H,23,25,26). The number of imide groups is 1. The summed E-state index contributed by atoms with van der Waals surface area (Å²) in [5, 5.41) is 2.23. The molecule has 2 aliphatic rings. The van der Waals surface area contributed by atoms with E-state index in [1.807, 2.05) is 0 Å². The van der Waals surface area contributed by atoms with Crippen LogP contribution < -0.4 is 15.0 Å². The molecule has 2 aromatic carbocycles. The average molecular weight is 438 g/mol. The van der Waals surface area contributed by atoms with Crippen molar-refractivity contribution in [3.63, 3.8) is 0 Å². The van der Waals surface area contributed by atoms with E-state index in [9.17, 15) is 19.2 Å². The minimum Gasteiger partial charge on any atom is -0.466 e. The molecule has 1 N–H and O–H groups in total. The molecular weight excluding hydrogens is 420 g/mol. The number of amides is 2. The topological polar surface area (TPSA) is 120 Å². The highest BCUT2D eigenvalue weighted by molar-refractivity contribution is 6.21. The summed E-state index contributed by atoms with van der Waals surface area (Å²) in [5.74, 6) is -1.46. The van der Waals surface area contributed by atoms with E-state index < -0.39 is 23.8 Å². The van der Waals surface area contributed by atoms with E-state index in [-0.39, 0.29) is 30.2 Å². The molecule has 164 valence electrons. The van der Waals surface area contributed by atoms with Gasteiger partial charge in [-0.3, -0.25) is 14.9 Å². The summed E-state index contributed by atoms with van der Waals surface area (Å²) in [4.78, 5) is 49.4. The zero-order valence-corrected chi connectivity index (χ0v) is 17.2. The van der Waals surface area contributed by atoms with Crippen molar-refractivity contribution in [1.82, 2.24) is 5.32 Å². The van der Waals surface area contributed by atoms with Gasteiger partial charge in [0, 0.05) is 5.69 Å². The molecule has 0 unspecified atom stereocenters. The normalized spacial score (nSPS) is 15.2. The molecule has 32 heavy (non-hydrogen) atoms. The first-order chi connectivity index (χ1) is 15.4. The van der Waals surface area contributed by atoms with Crippen molar-refractivity contribution in [1.29, 1.82) is 0 Å². The molecule has 0 atom stereocenters. The Morgan fingerprint density at radius 2 is 1.56 bits per heavy atom. The second kappa shape index (κ2) is 8.52. The Balaban J connectivity index is 1.59. The molecule has 2 amide bonds. The Bertz CT molecular complexity index is 1150. The smallest absolute Gasteiger partial charge is 0.355 e. The minimum absolute atomic E-state index is 0.0269. The summed E-state index contributed by atoms with van der Waals surface area (Å²) in [6.07, 6.45) is 0. The number of fused-ring (bicyclic) bond motifs is 1. The molecule has 0 aliphatic carbocycles. The molecule has 0 saturated heterocycles. The Hall–Kier alpha value is -4.18. The number of ether oxygens (including phenoxy) is 4. The number of rotatable bonds is 5. The lowest BCUT2D eigenvalue weighted by Crippen LogP contribution is -2.38. The monoisotopic (exact) mass is 438 g/mol. The number of carbonyl (C=O) groups is 4. The first-order valence-corrected chi connectivity index (χ1v) is 9.45. The second-order valence-corrected chi connectivity index (χ2v) is 6.80. The third kappa shape index (κ3) is 3.79. The van der Waals surface area contributed by atoms with E-state index in [0.29, 0.717) is 22.7 Å². The van der Waals surface area contributed by atoms with Gasteiger partial charge in [0.15, 0.2) is 0 Å². The van der Waals surface area contributed by atoms with Crippen molar-refractivity contribution in [3.8, 4) is 11.5 Å². The van der Waals surface area contributed by atoms with Crippen LogP contribution in [-0.2, 0) is 23.8 Å². The van der Waals surface area contributed by atoms with Crippen LogP contribution in [0, 0.1) is 0 Å². The van der Waals surface area contributed by atoms with Crippen LogP contribution in [0.2, 0.25) is 0 Å². The van der Waals surface area contributed by atoms with Gasteiger partial charge in [-0.15, -0.1) is 0 Å². The lowest BCUT2D eigenvalue weighted by Gasteiger charge is -2.31. The highest BCUT2D eigenvalue weighted by Crippen LogP contribution is 2.31. The summed E-state index contributed by atoms with van der Waals surface area (Å²) in [6.45, 7) is -0.0533. The van der Waals surface area contributed by atoms with Crippen LogP contribution in [0.5, 0.6) is 11.5 Å². The van der Waals surface area contributed by atoms with Crippen molar-refractivity contribution in [2.75, 3.05) is 32.5 Å². The Morgan fingerprint density at radius 1 is 0.906 bits per heavy atom. The number of hydrogen-bond acceptors (Lipinski definition) is 9. The van der Waals surface area contributed by atoms with Gasteiger partial charge in [-0.2, -0.15) is 0 Å². The molecular formula is C22H18N2O8. The van der Waals surface area contributed by atoms with Crippen LogP contribution in [0.15, 0.2) is 53.7 Å². The number of benzene rings is 2. The van der Waals surface area contributed by atoms with E-state index in [4.69, 9.17) is 18.9 Å². The third-order valence-corrected chi connectivity index (χ3v) is 4.92. The zero-order valence-electron chi connectivity index (χ0n) is 17.2. The molecule has 0 aromatic heterocycles. The van der Waals surface area contributed by atoms with Gasteiger partial charge in [-0.05, 0) is 42.5 Å². The predicted octanol–water partition coefficient (Wildman–Crippen LogP) is 1.76. The number of nitrogens with zero attached hydrogens (tertiary/aromatic N) is 1. The SMILES string of the molecule is COC(=O)C1=C(C(=O)OC)N(c2ccc(Oc3ccc4c(c3)C(=O)NC4=O)cc2)COC1. The maximum atomic E-state index is 12.4. The lowest BCUT2D eigenvalue weighted by atomic mass is 10.1. The number of anilines is 1. The Kier molecular flexibility index (Phi) is 5.61. The lowest BCUT2D eigenvalue weighted by molar-refractivity contribution is -0.140. The molecule has 4 rings (SSSR count). The summed E-state index contributed by atoms with van der Waals surface area (Å²) in [6, 6.07) is 11.2. The average Bonchev–Trinajstić information content (AvgIpc) is 3.10. The van der Waals surface area contributed by atoms with E-state index in [1.165, 1.54) is 31.3 Å². The van der Waals surface area contributed by atoms with Gasteiger partial charge in [0.1, 0.15) is 23.9 Å². The van der Waals surface area contributed by atoms with Gasteiger partial charge in [-0.1, -0.05) is 0 Å².